The number of anilines is 1. The Labute approximate surface area is 138 Å². The lowest BCUT2D eigenvalue weighted by Gasteiger charge is -2.41. The molecule has 1 atom stereocenters. The monoisotopic (exact) mass is 308 g/mol. The number of para-hydroxylation sites is 1. The predicted molar refractivity (Wildman–Crippen MR) is 95.0 cm³/mol. The summed E-state index contributed by atoms with van der Waals surface area (Å²) in [6.07, 6.45) is 0. The summed E-state index contributed by atoms with van der Waals surface area (Å²) in [7, 11) is 0. The standard InChI is InChI=1S/C20H24N2O/c1-16-14-22(20-6-4-3-5-7-20)13-12-21(16)15-18-8-10-19(11-9-18)17(2)23/h3-11,16H,12-15H2,1-2H3/t16-/m0/s1. The second-order valence-electron chi connectivity index (χ2n) is 6.35. The van der Waals surface area contributed by atoms with Crippen molar-refractivity contribution in [3.05, 3.63) is 65.7 Å². The van der Waals surface area contributed by atoms with E-state index in [0.29, 0.717) is 6.04 Å². The van der Waals surface area contributed by atoms with Crippen LogP contribution in [0.3, 0.4) is 0 Å². The summed E-state index contributed by atoms with van der Waals surface area (Å²) < 4.78 is 0. The Kier molecular flexibility index (Phi) is 4.77. The molecule has 0 aromatic heterocycles. The van der Waals surface area contributed by atoms with Crippen LogP contribution in [0.2, 0.25) is 0 Å². The van der Waals surface area contributed by atoms with E-state index in [4.69, 9.17) is 0 Å². The van der Waals surface area contributed by atoms with E-state index in [1.807, 2.05) is 12.1 Å². The minimum atomic E-state index is 0.126. The lowest BCUT2D eigenvalue weighted by molar-refractivity contribution is 0.101. The molecule has 0 amide bonds. The van der Waals surface area contributed by atoms with Gasteiger partial charge in [0.05, 0.1) is 0 Å². The van der Waals surface area contributed by atoms with Crippen molar-refractivity contribution in [2.75, 3.05) is 24.5 Å². The predicted octanol–water partition coefficient (Wildman–Crippen LogP) is 3.60. The highest BCUT2D eigenvalue weighted by Crippen LogP contribution is 2.20. The first kappa shape index (κ1) is 15.8. The Bertz CT molecular complexity index is 651. The first-order valence-corrected chi connectivity index (χ1v) is 8.27. The fourth-order valence-corrected chi connectivity index (χ4v) is 3.18. The molecule has 1 aliphatic heterocycles. The van der Waals surface area contributed by atoms with Gasteiger partial charge in [-0.15, -0.1) is 0 Å². The lowest BCUT2D eigenvalue weighted by Crippen LogP contribution is -2.51. The fraction of sp³-hybridized carbons (Fsp3) is 0.350. The van der Waals surface area contributed by atoms with Crippen molar-refractivity contribution in [2.45, 2.75) is 26.4 Å². The number of nitrogens with zero attached hydrogens (tertiary/aromatic N) is 2. The molecule has 2 aromatic rings. The number of hydrogen-bond donors (Lipinski definition) is 0. The first-order valence-electron chi connectivity index (χ1n) is 8.27. The van der Waals surface area contributed by atoms with Crippen LogP contribution in [0.25, 0.3) is 0 Å². The number of carbonyl (C=O) groups excluding carboxylic acids is 1. The van der Waals surface area contributed by atoms with Gasteiger partial charge in [-0.2, -0.15) is 0 Å². The van der Waals surface area contributed by atoms with Crippen LogP contribution in [0, 0.1) is 0 Å². The summed E-state index contributed by atoms with van der Waals surface area (Å²) in [6, 6.07) is 19.2. The molecular weight excluding hydrogens is 284 g/mol. The molecule has 1 heterocycles. The molecule has 0 saturated carbocycles. The van der Waals surface area contributed by atoms with E-state index < -0.39 is 0 Å². The molecule has 0 spiro atoms. The van der Waals surface area contributed by atoms with Gasteiger partial charge in [0, 0.05) is 43.5 Å². The molecule has 0 radical (unpaired) electrons. The molecule has 1 saturated heterocycles. The number of hydrogen-bond acceptors (Lipinski definition) is 3. The lowest BCUT2D eigenvalue weighted by atomic mass is 10.1. The smallest absolute Gasteiger partial charge is 0.159 e. The van der Waals surface area contributed by atoms with E-state index in [0.717, 1.165) is 31.7 Å². The van der Waals surface area contributed by atoms with Gasteiger partial charge in [-0.3, -0.25) is 9.69 Å². The Morgan fingerprint density at radius 2 is 1.74 bits per heavy atom. The third-order valence-electron chi connectivity index (χ3n) is 4.63. The van der Waals surface area contributed by atoms with E-state index in [9.17, 15) is 4.79 Å². The van der Waals surface area contributed by atoms with E-state index in [2.05, 4.69) is 59.2 Å². The molecule has 3 heteroatoms. The zero-order valence-electron chi connectivity index (χ0n) is 13.9. The molecule has 0 aliphatic carbocycles. The quantitative estimate of drug-likeness (QED) is 0.806. The van der Waals surface area contributed by atoms with Crippen molar-refractivity contribution >= 4 is 11.5 Å². The van der Waals surface area contributed by atoms with Crippen molar-refractivity contribution in [3.8, 4) is 0 Å². The van der Waals surface area contributed by atoms with Crippen molar-refractivity contribution in [3.63, 3.8) is 0 Å². The maximum absolute atomic E-state index is 11.4. The van der Waals surface area contributed by atoms with Crippen LogP contribution < -0.4 is 4.90 Å². The Hall–Kier alpha value is -2.13. The molecule has 0 unspecified atom stereocenters. The van der Waals surface area contributed by atoms with E-state index in [-0.39, 0.29) is 5.78 Å². The molecule has 2 aromatic carbocycles. The van der Waals surface area contributed by atoms with Crippen molar-refractivity contribution in [2.24, 2.45) is 0 Å². The third kappa shape index (κ3) is 3.80. The number of ketones is 1. The summed E-state index contributed by atoms with van der Waals surface area (Å²) in [5.74, 6) is 0.126. The second kappa shape index (κ2) is 6.97. The van der Waals surface area contributed by atoms with Gasteiger partial charge >= 0.3 is 0 Å². The summed E-state index contributed by atoms with van der Waals surface area (Å²) in [5, 5.41) is 0. The summed E-state index contributed by atoms with van der Waals surface area (Å²) in [4.78, 5) is 16.3. The van der Waals surface area contributed by atoms with Crippen LogP contribution >= 0.6 is 0 Å². The minimum Gasteiger partial charge on any atom is -0.369 e. The number of rotatable bonds is 4. The average Bonchev–Trinajstić information content (AvgIpc) is 2.58. The Morgan fingerprint density at radius 1 is 1.04 bits per heavy atom. The van der Waals surface area contributed by atoms with Crippen LogP contribution in [-0.2, 0) is 6.54 Å². The topological polar surface area (TPSA) is 23.6 Å². The highest BCUT2D eigenvalue weighted by atomic mass is 16.1. The Morgan fingerprint density at radius 3 is 2.35 bits per heavy atom. The van der Waals surface area contributed by atoms with Gasteiger partial charge in [0.1, 0.15) is 0 Å². The fourth-order valence-electron chi connectivity index (χ4n) is 3.18. The van der Waals surface area contributed by atoms with Gasteiger partial charge in [0.2, 0.25) is 0 Å². The molecule has 120 valence electrons. The molecule has 3 nitrogen and oxygen atoms in total. The third-order valence-corrected chi connectivity index (χ3v) is 4.63. The number of piperazine rings is 1. The SMILES string of the molecule is CC(=O)c1ccc(CN2CCN(c3ccccc3)C[C@@H]2C)cc1. The van der Waals surface area contributed by atoms with Gasteiger partial charge in [-0.1, -0.05) is 42.5 Å². The molecule has 0 bridgehead atoms. The van der Waals surface area contributed by atoms with Crippen molar-refractivity contribution in [1.29, 1.82) is 0 Å². The maximum Gasteiger partial charge on any atom is 0.159 e. The van der Waals surface area contributed by atoms with E-state index in [1.54, 1.807) is 6.92 Å². The van der Waals surface area contributed by atoms with E-state index >= 15 is 0 Å². The molecule has 0 N–H and O–H groups in total. The minimum absolute atomic E-state index is 0.126. The molecule has 1 fully saturated rings. The van der Waals surface area contributed by atoms with Crippen molar-refractivity contribution < 1.29 is 4.79 Å². The molecular formula is C20H24N2O. The van der Waals surface area contributed by atoms with Crippen LogP contribution in [0.5, 0.6) is 0 Å². The normalized spacial score (nSPS) is 18.9. The highest BCUT2D eigenvalue weighted by molar-refractivity contribution is 5.93. The molecule has 1 aliphatic rings. The molecule has 23 heavy (non-hydrogen) atoms. The largest absolute Gasteiger partial charge is 0.369 e. The van der Waals surface area contributed by atoms with Gasteiger partial charge < -0.3 is 4.90 Å². The van der Waals surface area contributed by atoms with Crippen LogP contribution in [0.1, 0.15) is 29.8 Å². The zero-order chi connectivity index (χ0) is 16.2. The van der Waals surface area contributed by atoms with E-state index in [1.165, 1.54) is 11.3 Å². The number of benzene rings is 2. The number of carbonyl (C=O) groups is 1. The van der Waals surface area contributed by atoms with Crippen LogP contribution in [-0.4, -0.2) is 36.4 Å². The van der Waals surface area contributed by atoms with Crippen LogP contribution in [0.15, 0.2) is 54.6 Å². The summed E-state index contributed by atoms with van der Waals surface area (Å²) >= 11 is 0. The van der Waals surface area contributed by atoms with Gasteiger partial charge in [-0.05, 0) is 31.5 Å². The van der Waals surface area contributed by atoms with Crippen molar-refractivity contribution in [1.82, 2.24) is 4.90 Å². The van der Waals surface area contributed by atoms with Crippen LogP contribution in [0.4, 0.5) is 5.69 Å². The highest BCUT2D eigenvalue weighted by Gasteiger charge is 2.23. The summed E-state index contributed by atoms with van der Waals surface area (Å²) in [6.45, 7) is 8.01. The van der Waals surface area contributed by atoms with Gasteiger partial charge in [0.25, 0.3) is 0 Å². The zero-order valence-corrected chi connectivity index (χ0v) is 13.9. The second-order valence-corrected chi connectivity index (χ2v) is 6.35. The van der Waals surface area contributed by atoms with Gasteiger partial charge in [-0.25, -0.2) is 0 Å². The Balaban J connectivity index is 1.61. The number of Topliss-reactive ketones (excluding diaryl/α,β-unsaturated/α-hetero) is 1. The molecule has 3 rings (SSSR count). The maximum atomic E-state index is 11.4. The summed E-state index contributed by atoms with van der Waals surface area (Å²) in [5.41, 5.74) is 3.37. The van der Waals surface area contributed by atoms with Gasteiger partial charge in [0.15, 0.2) is 5.78 Å². The first-order chi connectivity index (χ1) is 11.1. The average molecular weight is 308 g/mol.